The first-order chi connectivity index (χ1) is 19.4. The highest BCUT2D eigenvalue weighted by molar-refractivity contribution is 5.96. The van der Waals surface area contributed by atoms with Gasteiger partial charge in [0.1, 0.15) is 0 Å². The predicted molar refractivity (Wildman–Crippen MR) is 149 cm³/mol. The Morgan fingerprint density at radius 1 is 1.07 bits per heavy atom. The number of hydrogen-bond donors (Lipinski definition) is 4. The largest absolute Gasteiger partial charge is 0.416 e. The number of amides is 2. The summed E-state index contributed by atoms with van der Waals surface area (Å²) in [4.78, 5) is 29.1. The molecule has 1 aliphatic carbocycles. The second kappa shape index (κ2) is 12.6. The third kappa shape index (κ3) is 7.79. The number of nitrogens with one attached hydrogen (secondary N) is 3. The second-order valence-electron chi connectivity index (χ2n) is 10.6. The van der Waals surface area contributed by atoms with Gasteiger partial charge in [0.05, 0.1) is 23.4 Å². The van der Waals surface area contributed by atoms with Crippen LogP contribution in [0.1, 0.15) is 60.5 Å². The van der Waals surface area contributed by atoms with Crippen LogP contribution in [0.3, 0.4) is 0 Å². The van der Waals surface area contributed by atoms with E-state index in [0.717, 1.165) is 35.0 Å². The van der Waals surface area contributed by atoms with Crippen molar-refractivity contribution >= 4 is 17.5 Å². The summed E-state index contributed by atoms with van der Waals surface area (Å²) in [6.07, 6.45) is -0.298. The molecule has 4 rings (SSSR count). The summed E-state index contributed by atoms with van der Waals surface area (Å²) in [7, 11) is 0. The summed E-state index contributed by atoms with van der Waals surface area (Å²) in [6.45, 7) is 1.35. The van der Waals surface area contributed by atoms with Crippen molar-refractivity contribution in [3.05, 3.63) is 89.6 Å². The number of carbonyl (C=O) groups is 2. The number of nitrogens with zero attached hydrogens (tertiary/aromatic N) is 1. The van der Waals surface area contributed by atoms with E-state index in [2.05, 4.69) is 15.6 Å². The smallest absolute Gasteiger partial charge is 0.385 e. The molecule has 4 N–H and O–H groups in total. The van der Waals surface area contributed by atoms with E-state index in [1.54, 1.807) is 13.1 Å². The molecule has 41 heavy (non-hydrogen) atoms. The fourth-order valence-corrected chi connectivity index (χ4v) is 5.15. The molecule has 3 aromatic rings. The minimum atomic E-state index is -4.57. The number of hydrogen-bond acceptors (Lipinski definition) is 5. The number of pyridine rings is 1. The molecule has 10 heteroatoms. The second-order valence-corrected chi connectivity index (χ2v) is 10.6. The van der Waals surface area contributed by atoms with Crippen LogP contribution in [-0.2, 0) is 16.6 Å². The number of alkyl halides is 3. The van der Waals surface area contributed by atoms with Crippen LogP contribution in [0.5, 0.6) is 0 Å². The molecule has 2 amide bonds. The average molecular weight is 567 g/mol. The topological polar surface area (TPSA) is 115 Å². The van der Waals surface area contributed by atoms with Gasteiger partial charge < -0.3 is 21.1 Å². The van der Waals surface area contributed by atoms with Gasteiger partial charge >= 0.3 is 6.18 Å². The van der Waals surface area contributed by atoms with Crippen molar-refractivity contribution in [1.29, 1.82) is 5.41 Å². The molecule has 1 saturated carbocycles. The minimum Gasteiger partial charge on any atom is -0.385 e. The number of aromatic nitrogens is 1. The lowest BCUT2D eigenvalue weighted by molar-refractivity contribution is -0.137. The third-order valence-corrected chi connectivity index (χ3v) is 7.47. The summed E-state index contributed by atoms with van der Waals surface area (Å²) >= 11 is 0. The van der Waals surface area contributed by atoms with Crippen LogP contribution in [-0.4, -0.2) is 40.2 Å². The van der Waals surface area contributed by atoms with Crippen LogP contribution in [0.15, 0.2) is 72.9 Å². The normalized spacial score (nSPS) is 19.7. The molecule has 0 unspecified atom stereocenters. The summed E-state index contributed by atoms with van der Waals surface area (Å²) in [5.41, 5.74) is 0.933. The fourth-order valence-electron chi connectivity index (χ4n) is 5.15. The number of halogens is 3. The molecule has 1 atom stereocenters. The Hall–Kier alpha value is -4.05. The molecule has 0 saturated heterocycles. The molecule has 216 valence electrons. The fraction of sp³-hybridized carbons (Fsp3) is 0.355. The van der Waals surface area contributed by atoms with Crippen LogP contribution in [0.4, 0.5) is 13.2 Å². The van der Waals surface area contributed by atoms with Crippen molar-refractivity contribution < 1.29 is 27.9 Å². The lowest BCUT2D eigenvalue weighted by Crippen LogP contribution is -2.42. The lowest BCUT2D eigenvalue weighted by Gasteiger charge is -2.37. The Balaban J connectivity index is 1.22. The first-order valence-electron chi connectivity index (χ1n) is 13.5. The Bertz CT molecular complexity index is 1370. The van der Waals surface area contributed by atoms with Gasteiger partial charge in [-0.05, 0) is 62.8 Å². The molecule has 1 aliphatic rings. The van der Waals surface area contributed by atoms with Crippen LogP contribution in [0.25, 0.3) is 11.3 Å². The predicted octanol–water partition coefficient (Wildman–Crippen LogP) is 5.49. The zero-order valence-electron chi connectivity index (χ0n) is 22.7. The van der Waals surface area contributed by atoms with Gasteiger partial charge in [0.25, 0.3) is 5.91 Å². The van der Waals surface area contributed by atoms with Crippen LogP contribution in [0.2, 0.25) is 0 Å². The van der Waals surface area contributed by atoms with Crippen molar-refractivity contribution in [3.8, 4) is 11.3 Å². The van der Waals surface area contributed by atoms with Crippen LogP contribution in [0, 0.1) is 11.3 Å². The molecular weight excluding hydrogens is 533 g/mol. The number of benzene rings is 2. The molecule has 2 aromatic carbocycles. The Morgan fingerprint density at radius 2 is 1.78 bits per heavy atom. The molecular formula is C31H33F3N4O3. The Kier molecular flexibility index (Phi) is 9.22. The van der Waals surface area contributed by atoms with Crippen LogP contribution < -0.4 is 10.6 Å². The van der Waals surface area contributed by atoms with Gasteiger partial charge in [-0.25, -0.2) is 0 Å². The van der Waals surface area contributed by atoms with Crippen molar-refractivity contribution in [2.24, 2.45) is 5.92 Å². The molecule has 0 bridgehead atoms. The summed E-state index contributed by atoms with van der Waals surface area (Å²) in [5.74, 6) is -1.31. The van der Waals surface area contributed by atoms with Gasteiger partial charge in [-0.1, -0.05) is 42.5 Å². The van der Waals surface area contributed by atoms with Crippen molar-refractivity contribution in [3.63, 3.8) is 0 Å². The van der Waals surface area contributed by atoms with Gasteiger partial charge in [-0.3, -0.25) is 14.6 Å². The number of carbonyl (C=O) groups excluding carboxylic acids is 2. The average Bonchev–Trinajstić information content (AvgIpc) is 2.96. The van der Waals surface area contributed by atoms with E-state index in [-0.39, 0.29) is 17.5 Å². The Labute approximate surface area is 236 Å². The highest BCUT2D eigenvalue weighted by Crippen LogP contribution is 2.40. The highest BCUT2D eigenvalue weighted by Gasteiger charge is 2.36. The molecule has 7 nitrogen and oxygen atoms in total. The van der Waals surface area contributed by atoms with Crippen molar-refractivity contribution in [1.82, 2.24) is 15.6 Å². The van der Waals surface area contributed by atoms with Crippen LogP contribution >= 0.6 is 0 Å². The third-order valence-electron chi connectivity index (χ3n) is 7.47. The summed E-state index contributed by atoms with van der Waals surface area (Å²) in [6, 6.07) is 17.2. The Morgan fingerprint density at radius 3 is 2.41 bits per heavy atom. The zero-order chi connectivity index (χ0) is 29.6. The molecule has 0 spiro atoms. The van der Waals surface area contributed by atoms with Gasteiger partial charge in [-0.15, -0.1) is 0 Å². The van der Waals surface area contributed by atoms with E-state index in [4.69, 9.17) is 5.41 Å². The van der Waals surface area contributed by atoms with Gasteiger partial charge in [-0.2, -0.15) is 13.2 Å². The summed E-state index contributed by atoms with van der Waals surface area (Å²) in [5, 5.41) is 24.9. The highest BCUT2D eigenvalue weighted by atomic mass is 19.4. The SMILES string of the molecule is C[C@H](CC(=N)C1CCC(O)(c2ccc(-c3ccccc3)nc2)CC1)NC(=O)CNC(=O)c1cccc(C(F)(F)F)c1. The monoisotopic (exact) mass is 566 g/mol. The first kappa shape index (κ1) is 29.9. The van der Waals surface area contributed by atoms with E-state index in [0.29, 0.717) is 37.8 Å². The zero-order valence-corrected chi connectivity index (χ0v) is 22.7. The van der Waals surface area contributed by atoms with E-state index in [1.165, 1.54) is 6.07 Å². The van der Waals surface area contributed by atoms with E-state index >= 15 is 0 Å². The number of rotatable bonds is 9. The van der Waals surface area contributed by atoms with Crippen molar-refractivity contribution in [2.75, 3.05) is 6.54 Å². The number of aliphatic hydroxyl groups is 1. The molecule has 1 aromatic heterocycles. The maximum Gasteiger partial charge on any atom is 0.416 e. The minimum absolute atomic E-state index is 0.0215. The first-order valence-corrected chi connectivity index (χ1v) is 13.5. The quantitative estimate of drug-likeness (QED) is 0.257. The molecule has 0 radical (unpaired) electrons. The van der Waals surface area contributed by atoms with E-state index in [9.17, 15) is 27.9 Å². The maximum atomic E-state index is 12.9. The van der Waals surface area contributed by atoms with Crippen molar-refractivity contribution in [2.45, 2.75) is 56.8 Å². The van der Waals surface area contributed by atoms with E-state index in [1.807, 2.05) is 42.5 Å². The molecule has 1 fully saturated rings. The lowest BCUT2D eigenvalue weighted by atomic mass is 9.73. The standard InChI is InChI=1S/C31H33F3N4O3/c1-20(38-28(39)19-37-29(40)23-8-5-9-24(17-23)31(32,33)34)16-26(35)21-12-14-30(41,15-13-21)25-10-11-27(36-18-25)22-6-3-2-4-7-22/h2-11,17-18,20-21,35,41H,12-16,19H2,1H3,(H,37,40)(H,38,39)/t20-,21?,30?/m1/s1. The van der Waals surface area contributed by atoms with Gasteiger partial charge in [0.2, 0.25) is 5.91 Å². The van der Waals surface area contributed by atoms with E-state index < -0.39 is 35.7 Å². The maximum absolute atomic E-state index is 12.9. The molecule has 1 heterocycles. The van der Waals surface area contributed by atoms with Gasteiger partial charge in [0, 0.05) is 41.1 Å². The molecule has 0 aliphatic heterocycles. The summed E-state index contributed by atoms with van der Waals surface area (Å²) < 4.78 is 38.6. The van der Waals surface area contributed by atoms with Gasteiger partial charge in [0.15, 0.2) is 0 Å².